The lowest BCUT2D eigenvalue weighted by Crippen LogP contribution is -2.33. The number of rotatable bonds is 3. The summed E-state index contributed by atoms with van der Waals surface area (Å²) >= 11 is 0. The Bertz CT molecular complexity index is 395. The number of methoxy groups -OCH3 is 1. The average molecular weight is 216 g/mol. The molecule has 3 heteroatoms. The molecule has 1 unspecified atom stereocenters. The SMILES string of the molecule is COc1ccc(NC2C=CC=CN2C)cc1. The summed E-state index contributed by atoms with van der Waals surface area (Å²) in [4.78, 5) is 2.12. The minimum absolute atomic E-state index is 0.207. The van der Waals surface area contributed by atoms with Crippen LogP contribution in [0.5, 0.6) is 5.75 Å². The Hall–Kier alpha value is -1.90. The first-order valence-electron chi connectivity index (χ1n) is 5.27. The monoisotopic (exact) mass is 216 g/mol. The zero-order valence-corrected chi connectivity index (χ0v) is 9.55. The molecule has 1 aliphatic rings. The maximum Gasteiger partial charge on any atom is 0.119 e. The van der Waals surface area contributed by atoms with E-state index in [4.69, 9.17) is 4.74 Å². The molecule has 0 bridgehead atoms. The van der Waals surface area contributed by atoms with Crippen molar-refractivity contribution in [3.63, 3.8) is 0 Å². The third kappa shape index (κ3) is 2.37. The van der Waals surface area contributed by atoms with E-state index in [-0.39, 0.29) is 6.17 Å². The lowest BCUT2D eigenvalue weighted by atomic mass is 10.2. The Balaban J connectivity index is 2.03. The number of benzene rings is 1. The summed E-state index contributed by atoms with van der Waals surface area (Å²) in [6.45, 7) is 0. The van der Waals surface area contributed by atoms with E-state index in [1.54, 1.807) is 7.11 Å². The summed E-state index contributed by atoms with van der Waals surface area (Å²) in [5, 5.41) is 3.41. The van der Waals surface area contributed by atoms with Crippen LogP contribution in [0.15, 0.2) is 48.7 Å². The van der Waals surface area contributed by atoms with Gasteiger partial charge in [0.25, 0.3) is 0 Å². The number of nitrogens with one attached hydrogen (secondary N) is 1. The van der Waals surface area contributed by atoms with Crippen LogP contribution in [0.2, 0.25) is 0 Å². The summed E-state index contributed by atoms with van der Waals surface area (Å²) in [6.07, 6.45) is 8.43. The van der Waals surface area contributed by atoms with Crippen LogP contribution in [0.25, 0.3) is 0 Å². The lowest BCUT2D eigenvalue weighted by molar-refractivity contribution is 0.410. The maximum atomic E-state index is 5.12. The van der Waals surface area contributed by atoms with Crippen molar-refractivity contribution >= 4 is 5.69 Å². The van der Waals surface area contributed by atoms with E-state index in [0.717, 1.165) is 11.4 Å². The van der Waals surface area contributed by atoms with E-state index in [1.165, 1.54) is 0 Å². The molecular formula is C13H16N2O. The molecule has 0 saturated heterocycles. The first-order chi connectivity index (χ1) is 7.79. The fourth-order valence-electron chi connectivity index (χ4n) is 1.59. The summed E-state index contributed by atoms with van der Waals surface area (Å²) in [6, 6.07) is 7.92. The number of ether oxygens (including phenoxy) is 1. The first kappa shape index (κ1) is 10.6. The quantitative estimate of drug-likeness (QED) is 0.840. The smallest absolute Gasteiger partial charge is 0.119 e. The van der Waals surface area contributed by atoms with Crippen LogP contribution in [0, 0.1) is 0 Å². The van der Waals surface area contributed by atoms with Crippen LogP contribution >= 0.6 is 0 Å². The van der Waals surface area contributed by atoms with Crippen molar-refractivity contribution in [2.75, 3.05) is 19.5 Å². The number of anilines is 1. The highest BCUT2D eigenvalue weighted by Gasteiger charge is 2.09. The van der Waals surface area contributed by atoms with Crippen molar-refractivity contribution in [3.8, 4) is 5.75 Å². The van der Waals surface area contributed by atoms with E-state index in [0.29, 0.717) is 0 Å². The molecule has 0 radical (unpaired) electrons. The summed E-state index contributed by atoms with van der Waals surface area (Å²) in [5.41, 5.74) is 1.08. The molecule has 16 heavy (non-hydrogen) atoms. The van der Waals surface area contributed by atoms with Crippen molar-refractivity contribution in [3.05, 3.63) is 48.7 Å². The normalized spacial score (nSPS) is 18.6. The van der Waals surface area contributed by atoms with Gasteiger partial charge >= 0.3 is 0 Å². The van der Waals surface area contributed by atoms with E-state index in [9.17, 15) is 0 Å². The van der Waals surface area contributed by atoms with Gasteiger partial charge in [-0.25, -0.2) is 0 Å². The second-order valence-corrected chi connectivity index (χ2v) is 3.71. The molecule has 0 aliphatic carbocycles. The Morgan fingerprint density at radius 3 is 2.56 bits per heavy atom. The van der Waals surface area contributed by atoms with Crippen molar-refractivity contribution in [2.24, 2.45) is 0 Å². The zero-order chi connectivity index (χ0) is 11.4. The van der Waals surface area contributed by atoms with Gasteiger partial charge in [-0.1, -0.05) is 6.08 Å². The molecule has 1 aliphatic heterocycles. The van der Waals surface area contributed by atoms with Gasteiger partial charge in [-0.2, -0.15) is 0 Å². The molecule has 1 aromatic carbocycles. The van der Waals surface area contributed by atoms with Crippen LogP contribution in [0.3, 0.4) is 0 Å². The van der Waals surface area contributed by atoms with Crippen LogP contribution in [-0.4, -0.2) is 25.2 Å². The van der Waals surface area contributed by atoms with Crippen LogP contribution in [0.1, 0.15) is 0 Å². The van der Waals surface area contributed by atoms with Gasteiger partial charge in [-0.05, 0) is 36.4 Å². The van der Waals surface area contributed by atoms with Gasteiger partial charge in [0.05, 0.1) is 7.11 Å². The third-order valence-electron chi connectivity index (χ3n) is 2.57. The van der Waals surface area contributed by atoms with Crippen LogP contribution in [-0.2, 0) is 0 Å². The predicted molar refractivity (Wildman–Crippen MR) is 66.4 cm³/mol. The summed E-state index contributed by atoms with van der Waals surface area (Å²) < 4.78 is 5.12. The molecule has 1 atom stereocenters. The van der Waals surface area contributed by atoms with Gasteiger partial charge in [-0.15, -0.1) is 0 Å². The topological polar surface area (TPSA) is 24.5 Å². The average Bonchev–Trinajstić information content (AvgIpc) is 2.33. The van der Waals surface area contributed by atoms with Crippen molar-refractivity contribution < 1.29 is 4.74 Å². The first-order valence-corrected chi connectivity index (χ1v) is 5.27. The third-order valence-corrected chi connectivity index (χ3v) is 2.57. The molecule has 0 spiro atoms. The molecule has 0 saturated carbocycles. The molecule has 0 aromatic heterocycles. The molecule has 1 N–H and O–H groups in total. The fourth-order valence-corrected chi connectivity index (χ4v) is 1.59. The van der Waals surface area contributed by atoms with Crippen LogP contribution < -0.4 is 10.1 Å². The highest BCUT2D eigenvalue weighted by atomic mass is 16.5. The zero-order valence-electron chi connectivity index (χ0n) is 9.55. The van der Waals surface area contributed by atoms with Gasteiger partial charge in [0, 0.05) is 18.9 Å². The number of nitrogens with zero attached hydrogens (tertiary/aromatic N) is 1. The summed E-state index contributed by atoms with van der Waals surface area (Å²) in [7, 11) is 3.71. The van der Waals surface area contributed by atoms with E-state index >= 15 is 0 Å². The number of hydrogen-bond acceptors (Lipinski definition) is 3. The number of likely N-dealkylation sites (N-methyl/N-ethyl adjacent to an activating group) is 1. The molecule has 1 aromatic rings. The van der Waals surface area contributed by atoms with Crippen molar-refractivity contribution in [1.82, 2.24) is 4.90 Å². The van der Waals surface area contributed by atoms with Crippen molar-refractivity contribution in [2.45, 2.75) is 6.17 Å². The van der Waals surface area contributed by atoms with Crippen LogP contribution in [0.4, 0.5) is 5.69 Å². The molecule has 1 heterocycles. The van der Waals surface area contributed by atoms with Gasteiger partial charge in [0.15, 0.2) is 0 Å². The van der Waals surface area contributed by atoms with Gasteiger partial charge < -0.3 is 15.0 Å². The Kier molecular flexibility index (Phi) is 3.15. The van der Waals surface area contributed by atoms with Gasteiger partial charge in [0.2, 0.25) is 0 Å². The Morgan fingerprint density at radius 2 is 1.94 bits per heavy atom. The standard InChI is InChI=1S/C13H16N2O/c1-15-10-4-3-5-13(15)14-11-6-8-12(16-2)9-7-11/h3-10,13-14H,1-2H3. The minimum atomic E-state index is 0.207. The molecule has 0 fully saturated rings. The van der Waals surface area contributed by atoms with E-state index < -0.39 is 0 Å². The van der Waals surface area contributed by atoms with E-state index in [2.05, 4.69) is 16.3 Å². The molecule has 0 amide bonds. The fraction of sp³-hybridized carbons (Fsp3) is 0.231. The van der Waals surface area contributed by atoms with Gasteiger partial charge in [0.1, 0.15) is 11.9 Å². The maximum absolute atomic E-state index is 5.12. The molecular weight excluding hydrogens is 200 g/mol. The number of hydrogen-bond donors (Lipinski definition) is 1. The van der Waals surface area contributed by atoms with E-state index in [1.807, 2.05) is 49.7 Å². The molecule has 84 valence electrons. The summed E-state index contributed by atoms with van der Waals surface area (Å²) in [5.74, 6) is 0.873. The second-order valence-electron chi connectivity index (χ2n) is 3.71. The molecule has 3 nitrogen and oxygen atoms in total. The Labute approximate surface area is 96.0 Å². The highest BCUT2D eigenvalue weighted by molar-refractivity contribution is 5.48. The van der Waals surface area contributed by atoms with Crippen molar-refractivity contribution in [1.29, 1.82) is 0 Å². The lowest BCUT2D eigenvalue weighted by Gasteiger charge is -2.27. The highest BCUT2D eigenvalue weighted by Crippen LogP contribution is 2.17. The van der Waals surface area contributed by atoms with Gasteiger partial charge in [-0.3, -0.25) is 0 Å². The largest absolute Gasteiger partial charge is 0.497 e. The second kappa shape index (κ2) is 4.75. The Morgan fingerprint density at radius 1 is 1.19 bits per heavy atom. The predicted octanol–water partition coefficient (Wildman–Crippen LogP) is 2.45. The number of allylic oxidation sites excluding steroid dienone is 2. The minimum Gasteiger partial charge on any atom is -0.497 e. The molecule has 2 rings (SSSR count).